The standard InChI is InChI=1S/C21H17N7O3S2.C19H21N7O2S2.C17H14N6O2S.C16H13N7OS.C15H12FN7O2S2/c22-19-26-20(24-13-6-9-16(10-7-13)33(23,29)30)27-28(19)21-25-17-11-8-15(12-18(17)32-21)31-14-4-2-1-3-5-14;1-2-3-11-21-30(27,28)14-8-6-7-13(12-14)22-18-24-17(20)26(25-18)19-23-15-9-4-5-10-16(15)29-19;18-15-21-16(19-11-5-3-4-10(8-11)9-14(24)25)22-23(15)17-20-12-6-1-2-7-13(12)26-17;17-13(24)9-4-3-5-10(8-9)19-15-21-14(18)23(22-15)16-20-11-6-1-2-7-12(11)25-16;16-8-1-6-12-11(7-8)20-15(26-12)23-13(17)21-14(22-23)19-9-2-4-10(5-3-9)27(18,24)25/h1-12H,(H2,23,29,30)(H3,22,24,26,27);4-10,12,21H,2-3,11H2,1H3,(H3,20,22,24,25);1-8H,9H2,(H,24,25)(H3,18,19,21,22);1-8H,(H2,17,24)(H3,18,19,21,22);1-7H,(H2,18,24,25)(H3,17,19,21,22). The summed E-state index contributed by atoms with van der Waals surface area (Å²) in [7, 11) is -11.1. The lowest BCUT2D eigenvalue weighted by molar-refractivity contribution is -0.136. The third-order valence-electron chi connectivity index (χ3n) is 19.6. The zero-order valence-corrected chi connectivity index (χ0v) is 79.5. The monoisotopic (exact) mass is 2040 g/mol. The lowest BCUT2D eigenvalue weighted by atomic mass is 10.1. The summed E-state index contributed by atoms with van der Waals surface area (Å²) < 4.78 is 104. The van der Waals surface area contributed by atoms with Crippen molar-refractivity contribution in [1.82, 2.24) is 103 Å². The highest BCUT2D eigenvalue weighted by Crippen LogP contribution is 2.36. The Hall–Kier alpha value is -17.0. The number of rotatable bonds is 27. The molecule has 10 heterocycles. The van der Waals surface area contributed by atoms with Crippen molar-refractivity contribution < 1.29 is 49.1 Å². The van der Waals surface area contributed by atoms with E-state index in [4.69, 9.17) is 54.5 Å². The summed E-state index contributed by atoms with van der Waals surface area (Å²) in [5.74, 6) is 1.84. The molecule has 21 aromatic rings. The average Bonchev–Trinajstić information content (AvgIpc) is 1.61. The van der Waals surface area contributed by atoms with Gasteiger partial charge in [-0.3, -0.25) is 9.59 Å². The molecule has 0 aliphatic heterocycles. The van der Waals surface area contributed by atoms with E-state index in [1.807, 2.05) is 128 Å². The maximum Gasteiger partial charge on any atom is 0.307 e. The fourth-order valence-electron chi connectivity index (χ4n) is 13.1. The van der Waals surface area contributed by atoms with Crippen LogP contribution in [0.15, 0.2) is 276 Å². The first-order chi connectivity index (χ1) is 67.8. The van der Waals surface area contributed by atoms with Gasteiger partial charge in [-0.1, -0.05) is 149 Å². The zero-order valence-electron chi connectivity index (χ0n) is 73.0. The van der Waals surface area contributed by atoms with Gasteiger partial charge in [0, 0.05) is 52.7 Å². The number of aliphatic carboxylic acids is 1. The van der Waals surface area contributed by atoms with E-state index in [2.05, 4.69) is 107 Å². The van der Waals surface area contributed by atoms with Gasteiger partial charge in [0.25, 0.3) is 0 Å². The van der Waals surface area contributed by atoms with E-state index in [-0.39, 0.29) is 74.5 Å². The molecule has 1 amide bonds. The van der Waals surface area contributed by atoms with Crippen LogP contribution in [0.3, 0.4) is 0 Å². The van der Waals surface area contributed by atoms with Crippen molar-refractivity contribution in [2.24, 2.45) is 16.0 Å². The number of aromatic nitrogens is 20. The number of amides is 1. The predicted octanol–water partition coefficient (Wildman–Crippen LogP) is 14.0. The molecule has 11 aromatic carbocycles. The number of para-hydroxylation sites is 4. The van der Waals surface area contributed by atoms with Crippen LogP contribution in [0.1, 0.15) is 35.7 Å². The Morgan fingerprint density at radius 1 is 0.369 bits per heavy atom. The third kappa shape index (κ3) is 23.6. The first-order valence-electron chi connectivity index (χ1n) is 41.6. The number of primary sulfonamides is 2. The number of unbranched alkanes of at least 4 members (excludes halogenated alkanes) is 1. The second-order valence-corrected chi connectivity index (χ2v) is 39.8. The number of nitrogens with one attached hydrogen (secondary N) is 6. The molecule has 0 saturated carbocycles. The smallest absolute Gasteiger partial charge is 0.307 e. The molecule has 10 aromatic heterocycles. The van der Waals surface area contributed by atoms with E-state index in [0.717, 1.165) is 64.2 Å². The lowest BCUT2D eigenvalue weighted by Crippen LogP contribution is -2.24. The molecule has 0 atom stereocenters. The van der Waals surface area contributed by atoms with E-state index in [9.17, 15) is 39.2 Å². The number of primary amides is 1. The number of carbonyl (C=O) groups excluding carboxylic acids is 1. The number of ether oxygens (including phenoxy) is 1. The van der Waals surface area contributed by atoms with Crippen LogP contribution in [0.4, 0.5) is 92.3 Å². The minimum absolute atomic E-state index is 0.00670. The Kier molecular flexibility index (Phi) is 28.2. The highest BCUT2D eigenvalue weighted by Gasteiger charge is 2.23. The Bertz CT molecular complexity index is 8450. The van der Waals surface area contributed by atoms with Crippen LogP contribution in [-0.2, 0) is 41.3 Å². The fourth-order valence-corrected chi connectivity index (χ4v) is 19.9. The quantitative estimate of drug-likeness (QED) is 0.0213. The number of carboxylic acid groups (broad SMARTS) is 1. The summed E-state index contributed by atoms with van der Waals surface area (Å²) in [5.41, 5.74) is 43.2. The molecule has 23 N–H and O–H groups in total. The van der Waals surface area contributed by atoms with Gasteiger partial charge in [-0.05, 0) is 182 Å². The fraction of sp³-hybridized carbons (Fsp3) is 0.0568. The number of carbonyl (C=O) groups is 2. The maximum atomic E-state index is 13.3. The molecule has 53 heteroatoms. The normalized spacial score (nSPS) is 11.4. The number of carboxylic acids is 1. The maximum absolute atomic E-state index is 13.3. The molecule has 0 unspecified atom stereocenters. The van der Waals surface area contributed by atoms with Gasteiger partial charge in [0.2, 0.25) is 121 Å². The van der Waals surface area contributed by atoms with Crippen LogP contribution in [0.25, 0.3) is 76.7 Å². The van der Waals surface area contributed by atoms with Gasteiger partial charge in [-0.15, -0.1) is 25.5 Å². The molecule has 0 radical (unpaired) electrons. The number of hydrogen-bond acceptors (Lipinski definition) is 39. The first-order valence-corrected chi connectivity index (χ1v) is 50.3. The summed E-state index contributed by atoms with van der Waals surface area (Å²) >= 11 is 7.08. The molecule has 0 fully saturated rings. The second kappa shape index (κ2) is 41.5. The molecule has 714 valence electrons. The van der Waals surface area contributed by atoms with Gasteiger partial charge in [-0.25, -0.2) is 69.6 Å². The first kappa shape index (κ1) is 95.7. The molecule has 0 bridgehead atoms. The number of nitrogen functional groups attached to an aromatic ring is 5. The van der Waals surface area contributed by atoms with Crippen LogP contribution >= 0.6 is 56.7 Å². The number of nitrogens with two attached hydrogens (primary N) is 8. The Labute approximate surface area is 817 Å². The summed E-state index contributed by atoms with van der Waals surface area (Å²) in [6.45, 7) is 2.41. The number of nitrogens with zero attached hydrogens (tertiary/aromatic N) is 20. The van der Waals surface area contributed by atoms with Crippen LogP contribution in [-0.4, -0.2) is 148 Å². The number of fused-ring (bicyclic) bond motifs is 5. The van der Waals surface area contributed by atoms with Gasteiger partial charge in [0.05, 0.1) is 72.2 Å². The van der Waals surface area contributed by atoms with Gasteiger partial charge >= 0.3 is 5.97 Å². The summed E-state index contributed by atoms with van der Waals surface area (Å²) in [4.78, 5) is 65.7. The minimum atomic E-state index is -3.76. The van der Waals surface area contributed by atoms with Crippen molar-refractivity contribution in [1.29, 1.82) is 0 Å². The lowest BCUT2D eigenvalue weighted by Gasteiger charge is -2.08. The van der Waals surface area contributed by atoms with E-state index in [1.54, 1.807) is 84.9 Å². The Balaban J connectivity index is 0.000000122. The molecule has 0 aliphatic carbocycles. The summed E-state index contributed by atoms with van der Waals surface area (Å²) in [6.07, 6.45) is 1.64. The number of thiazole rings is 5. The SMILES string of the molecule is CCCCNS(=O)(=O)c1cccc(Nc2nc(N)n(-c3nc4ccccc4s3)n2)c1.NC(=O)c1cccc(Nc2nc(N)n(-c3nc4ccccc4s3)n2)c1.Nc1nc(Nc2ccc(S(N)(=O)=O)cc2)nn1-c1nc2cc(F)ccc2s1.Nc1nc(Nc2ccc(S(N)(=O)=O)cc2)nn1-c1nc2ccc(Oc3ccccc3)cc2s1.Nc1nc(Nc2cccc(CC(=O)O)c2)nn1-c1nc2ccccc2s1. The van der Waals surface area contributed by atoms with Crippen molar-refractivity contribution in [2.75, 3.05) is 61.8 Å². The van der Waals surface area contributed by atoms with E-state index in [0.29, 0.717) is 94.9 Å². The largest absolute Gasteiger partial charge is 0.481 e. The van der Waals surface area contributed by atoms with Gasteiger partial charge in [0.1, 0.15) is 17.3 Å². The molecule has 21 rings (SSSR count). The molecular formula is C88H77FN34O10S8. The number of halogens is 1. The van der Waals surface area contributed by atoms with E-state index >= 15 is 0 Å². The predicted molar refractivity (Wildman–Crippen MR) is 543 cm³/mol. The summed E-state index contributed by atoms with van der Waals surface area (Å²) in [6, 6.07) is 74.7. The molecular weight excluding hydrogens is 1970 g/mol. The minimum Gasteiger partial charge on any atom is -0.481 e. The number of sulfonamides is 3. The van der Waals surface area contributed by atoms with Crippen molar-refractivity contribution in [3.8, 4) is 37.2 Å². The third-order valence-corrected chi connectivity index (χ3v) is 28.0. The topological polar surface area (TPSA) is 664 Å². The van der Waals surface area contributed by atoms with Crippen molar-refractivity contribution in [2.45, 2.75) is 40.9 Å². The van der Waals surface area contributed by atoms with Crippen LogP contribution < -0.4 is 80.7 Å². The number of hydrogen-bond donors (Lipinski definition) is 15. The average molecular weight is 2050 g/mol. The zero-order chi connectivity index (χ0) is 98.8. The van der Waals surface area contributed by atoms with E-state index in [1.165, 1.54) is 135 Å². The summed E-state index contributed by atoms with van der Waals surface area (Å²) in [5, 5.41) is 58.6. The van der Waals surface area contributed by atoms with Crippen LogP contribution in [0.5, 0.6) is 11.5 Å². The van der Waals surface area contributed by atoms with Gasteiger partial charge < -0.3 is 70.8 Å². The van der Waals surface area contributed by atoms with Crippen LogP contribution in [0.2, 0.25) is 0 Å². The van der Waals surface area contributed by atoms with E-state index < -0.39 is 41.9 Å². The molecule has 44 nitrogen and oxygen atoms in total. The van der Waals surface area contributed by atoms with Crippen molar-refractivity contribution in [3.63, 3.8) is 0 Å². The van der Waals surface area contributed by atoms with Crippen molar-refractivity contribution >= 4 is 238 Å². The molecule has 0 saturated heterocycles. The number of benzene rings is 11. The van der Waals surface area contributed by atoms with Crippen LogP contribution in [0, 0.1) is 5.82 Å². The highest BCUT2D eigenvalue weighted by molar-refractivity contribution is 7.89. The molecule has 141 heavy (non-hydrogen) atoms. The molecule has 0 aliphatic rings. The molecule has 0 spiro atoms. The van der Waals surface area contributed by atoms with Gasteiger partial charge in [0.15, 0.2) is 0 Å². The van der Waals surface area contributed by atoms with Gasteiger partial charge in [-0.2, -0.15) is 48.3 Å². The second-order valence-electron chi connectivity index (χ2n) is 29.8. The highest BCUT2D eigenvalue weighted by atomic mass is 32.2. The Morgan fingerprint density at radius 3 is 1.16 bits per heavy atom. The Morgan fingerprint density at radius 2 is 0.745 bits per heavy atom. The number of anilines is 15. The van der Waals surface area contributed by atoms with Crippen molar-refractivity contribution in [3.05, 3.63) is 278 Å².